The Labute approximate surface area is 87.5 Å². The van der Waals surface area contributed by atoms with Gasteiger partial charge in [-0.25, -0.2) is 4.79 Å². The van der Waals surface area contributed by atoms with E-state index < -0.39 is 11.1 Å². The van der Waals surface area contributed by atoms with E-state index in [4.69, 9.17) is 4.74 Å². The SMILES string of the molecule is CCOCC(C)(C)c1c[nH]c(=O)[nH]c1=O. The molecule has 0 saturated carbocycles. The number of ether oxygens (including phenoxy) is 1. The Morgan fingerprint density at radius 1 is 1.40 bits per heavy atom. The molecule has 5 nitrogen and oxygen atoms in total. The molecule has 0 atom stereocenters. The average Bonchev–Trinajstić information content (AvgIpc) is 2.14. The van der Waals surface area contributed by atoms with Gasteiger partial charge in [0.25, 0.3) is 5.56 Å². The van der Waals surface area contributed by atoms with Crippen molar-refractivity contribution in [3.05, 3.63) is 32.6 Å². The number of hydrogen-bond acceptors (Lipinski definition) is 3. The molecule has 0 spiro atoms. The summed E-state index contributed by atoms with van der Waals surface area (Å²) in [7, 11) is 0. The van der Waals surface area contributed by atoms with Crippen molar-refractivity contribution in [1.82, 2.24) is 9.97 Å². The second-order valence-electron chi connectivity index (χ2n) is 4.01. The summed E-state index contributed by atoms with van der Waals surface area (Å²) in [5.41, 5.74) is -0.733. The summed E-state index contributed by atoms with van der Waals surface area (Å²) in [6, 6.07) is 0. The van der Waals surface area contributed by atoms with Crippen molar-refractivity contribution in [2.75, 3.05) is 13.2 Å². The van der Waals surface area contributed by atoms with Crippen LogP contribution in [0, 0.1) is 0 Å². The molecule has 0 amide bonds. The summed E-state index contributed by atoms with van der Waals surface area (Å²) in [5.74, 6) is 0. The fourth-order valence-corrected chi connectivity index (χ4v) is 1.35. The minimum atomic E-state index is -0.490. The Bertz CT molecular complexity index is 431. The lowest BCUT2D eigenvalue weighted by atomic mass is 9.87. The van der Waals surface area contributed by atoms with Crippen LogP contribution >= 0.6 is 0 Å². The second kappa shape index (κ2) is 4.44. The highest BCUT2D eigenvalue weighted by molar-refractivity contribution is 5.16. The monoisotopic (exact) mass is 212 g/mol. The summed E-state index contributed by atoms with van der Waals surface area (Å²) in [6.07, 6.45) is 1.44. The highest BCUT2D eigenvalue weighted by atomic mass is 16.5. The first kappa shape index (κ1) is 11.7. The van der Waals surface area contributed by atoms with E-state index in [9.17, 15) is 9.59 Å². The Morgan fingerprint density at radius 2 is 2.07 bits per heavy atom. The topological polar surface area (TPSA) is 75.0 Å². The highest BCUT2D eigenvalue weighted by Crippen LogP contribution is 2.18. The molecule has 0 saturated heterocycles. The molecule has 1 aromatic rings. The predicted molar refractivity (Wildman–Crippen MR) is 57.2 cm³/mol. The summed E-state index contributed by atoms with van der Waals surface area (Å²) >= 11 is 0. The molecular formula is C10H16N2O3. The lowest BCUT2D eigenvalue weighted by Crippen LogP contribution is -2.35. The van der Waals surface area contributed by atoms with Crippen LogP contribution in [0.1, 0.15) is 26.3 Å². The smallest absolute Gasteiger partial charge is 0.325 e. The van der Waals surface area contributed by atoms with Gasteiger partial charge in [-0.15, -0.1) is 0 Å². The minimum absolute atomic E-state index is 0.358. The predicted octanol–water partition coefficient (Wildman–Crippen LogP) is 0.377. The third kappa shape index (κ3) is 2.79. The lowest BCUT2D eigenvalue weighted by Gasteiger charge is -2.23. The third-order valence-corrected chi connectivity index (χ3v) is 2.22. The number of aromatic nitrogens is 2. The molecule has 5 heteroatoms. The van der Waals surface area contributed by atoms with Crippen molar-refractivity contribution in [3.8, 4) is 0 Å². The Kier molecular flexibility index (Phi) is 3.47. The van der Waals surface area contributed by atoms with Crippen molar-refractivity contribution in [3.63, 3.8) is 0 Å². The zero-order valence-corrected chi connectivity index (χ0v) is 9.22. The molecule has 0 aliphatic heterocycles. The fraction of sp³-hybridized carbons (Fsp3) is 0.600. The van der Waals surface area contributed by atoms with E-state index in [2.05, 4.69) is 9.97 Å². The third-order valence-electron chi connectivity index (χ3n) is 2.22. The van der Waals surface area contributed by atoms with Gasteiger partial charge in [-0.2, -0.15) is 0 Å². The van der Waals surface area contributed by atoms with E-state index in [-0.39, 0.29) is 5.56 Å². The van der Waals surface area contributed by atoms with E-state index in [0.717, 1.165) is 0 Å². The van der Waals surface area contributed by atoms with E-state index in [0.29, 0.717) is 18.8 Å². The maximum absolute atomic E-state index is 11.5. The zero-order valence-electron chi connectivity index (χ0n) is 9.22. The normalized spacial score (nSPS) is 11.7. The van der Waals surface area contributed by atoms with Crippen molar-refractivity contribution >= 4 is 0 Å². The Hall–Kier alpha value is -1.36. The van der Waals surface area contributed by atoms with E-state index in [1.165, 1.54) is 6.20 Å². The fourth-order valence-electron chi connectivity index (χ4n) is 1.35. The molecule has 0 radical (unpaired) electrons. The standard InChI is InChI=1S/C10H16N2O3/c1-4-15-6-10(2,3)7-5-11-9(14)12-8(7)13/h5H,4,6H2,1-3H3,(H2,11,12,13,14). The summed E-state index contributed by atoms with van der Waals surface area (Å²) in [5, 5.41) is 0. The molecule has 2 N–H and O–H groups in total. The molecule has 1 heterocycles. The first-order chi connectivity index (χ1) is 6.97. The second-order valence-corrected chi connectivity index (χ2v) is 4.01. The molecule has 0 fully saturated rings. The number of aromatic amines is 2. The number of hydrogen-bond donors (Lipinski definition) is 2. The first-order valence-electron chi connectivity index (χ1n) is 4.87. The molecule has 1 rings (SSSR count). The van der Waals surface area contributed by atoms with E-state index in [1.54, 1.807) is 0 Å². The van der Waals surface area contributed by atoms with Gasteiger partial charge in [0.15, 0.2) is 0 Å². The molecular weight excluding hydrogens is 196 g/mol. The Morgan fingerprint density at radius 3 is 2.60 bits per heavy atom. The van der Waals surface area contributed by atoms with Crippen LogP contribution in [0.5, 0.6) is 0 Å². The summed E-state index contributed by atoms with van der Waals surface area (Å²) in [6.45, 7) is 6.73. The number of H-pyrrole nitrogens is 2. The van der Waals surface area contributed by atoms with Gasteiger partial charge in [0.2, 0.25) is 0 Å². The highest BCUT2D eigenvalue weighted by Gasteiger charge is 2.24. The molecule has 84 valence electrons. The summed E-state index contributed by atoms with van der Waals surface area (Å²) in [4.78, 5) is 27.0. The van der Waals surface area contributed by atoms with Gasteiger partial charge in [0.1, 0.15) is 0 Å². The largest absolute Gasteiger partial charge is 0.381 e. The van der Waals surface area contributed by atoms with Gasteiger partial charge >= 0.3 is 5.69 Å². The lowest BCUT2D eigenvalue weighted by molar-refractivity contribution is 0.105. The van der Waals surface area contributed by atoms with Gasteiger partial charge in [0.05, 0.1) is 6.61 Å². The Balaban J connectivity index is 3.04. The molecule has 0 aromatic carbocycles. The average molecular weight is 212 g/mol. The van der Waals surface area contributed by atoms with Crippen LogP contribution in [0.15, 0.2) is 15.8 Å². The maximum atomic E-state index is 11.5. The van der Waals surface area contributed by atoms with Crippen LogP contribution in [-0.2, 0) is 10.2 Å². The molecule has 0 bridgehead atoms. The van der Waals surface area contributed by atoms with Crippen LogP contribution in [0.25, 0.3) is 0 Å². The zero-order chi connectivity index (χ0) is 11.5. The van der Waals surface area contributed by atoms with E-state index >= 15 is 0 Å². The number of nitrogens with one attached hydrogen (secondary N) is 2. The van der Waals surface area contributed by atoms with Gasteiger partial charge in [-0.1, -0.05) is 13.8 Å². The van der Waals surface area contributed by atoms with Crippen LogP contribution in [0.4, 0.5) is 0 Å². The van der Waals surface area contributed by atoms with Crippen molar-refractivity contribution in [2.45, 2.75) is 26.2 Å². The van der Waals surface area contributed by atoms with Crippen molar-refractivity contribution in [2.24, 2.45) is 0 Å². The molecule has 0 aliphatic carbocycles. The maximum Gasteiger partial charge on any atom is 0.325 e. The first-order valence-corrected chi connectivity index (χ1v) is 4.87. The van der Waals surface area contributed by atoms with Gasteiger partial charge in [-0.05, 0) is 6.92 Å². The number of rotatable bonds is 4. The van der Waals surface area contributed by atoms with Crippen LogP contribution in [-0.4, -0.2) is 23.2 Å². The van der Waals surface area contributed by atoms with Gasteiger partial charge in [-0.3, -0.25) is 9.78 Å². The minimum Gasteiger partial charge on any atom is -0.381 e. The molecule has 0 aliphatic rings. The summed E-state index contributed by atoms with van der Waals surface area (Å²) < 4.78 is 5.29. The van der Waals surface area contributed by atoms with E-state index in [1.807, 2.05) is 20.8 Å². The molecule has 0 unspecified atom stereocenters. The quantitative estimate of drug-likeness (QED) is 0.757. The molecule has 1 aromatic heterocycles. The van der Waals surface area contributed by atoms with Crippen LogP contribution < -0.4 is 11.2 Å². The van der Waals surface area contributed by atoms with Gasteiger partial charge < -0.3 is 9.72 Å². The van der Waals surface area contributed by atoms with Crippen LogP contribution in [0.3, 0.4) is 0 Å². The molecule has 15 heavy (non-hydrogen) atoms. The van der Waals surface area contributed by atoms with Crippen molar-refractivity contribution in [1.29, 1.82) is 0 Å². The van der Waals surface area contributed by atoms with Gasteiger partial charge in [0, 0.05) is 23.8 Å². The van der Waals surface area contributed by atoms with Crippen LogP contribution in [0.2, 0.25) is 0 Å². The van der Waals surface area contributed by atoms with Crippen molar-refractivity contribution < 1.29 is 4.74 Å².